The van der Waals surface area contributed by atoms with E-state index in [1.807, 2.05) is 17.5 Å². The number of nitrogens with zero attached hydrogens (tertiary/aromatic N) is 4. The Labute approximate surface area is 207 Å². The molecule has 1 saturated heterocycles. The van der Waals surface area contributed by atoms with Gasteiger partial charge in [-0.1, -0.05) is 34.4 Å². The second-order valence-corrected chi connectivity index (χ2v) is 9.44. The number of aromatic nitrogens is 2. The number of thiazole rings is 1. The summed E-state index contributed by atoms with van der Waals surface area (Å²) >= 11 is 13.6. The first-order chi connectivity index (χ1) is 16.4. The minimum atomic E-state index is -0.662. The summed E-state index contributed by atoms with van der Waals surface area (Å²) in [5, 5.41) is 18.7. The van der Waals surface area contributed by atoms with E-state index in [9.17, 15) is 14.9 Å². The van der Waals surface area contributed by atoms with Crippen LogP contribution in [0.4, 0.5) is 5.88 Å². The van der Waals surface area contributed by atoms with Crippen molar-refractivity contribution >= 4 is 46.3 Å². The average molecular weight is 519 g/mol. The van der Waals surface area contributed by atoms with E-state index in [-0.39, 0.29) is 17.6 Å². The smallest absolute Gasteiger partial charge is 0.395 e. The molecular weight excluding hydrogens is 503 g/mol. The van der Waals surface area contributed by atoms with E-state index in [2.05, 4.69) is 5.16 Å². The Morgan fingerprint density at radius 2 is 1.91 bits per heavy atom. The van der Waals surface area contributed by atoms with Gasteiger partial charge >= 0.3 is 5.88 Å². The van der Waals surface area contributed by atoms with Crippen LogP contribution in [0.5, 0.6) is 0 Å². The standard InChI is InChI=1S/C22H16Cl2N4O5S/c23-14-2-1-13(9-15(14)24)16-10-19(33-26-16)17-11-34-21(25-17)12-5-7-27(8-6-12)22(29)18-3-4-20(32-18)28(30)31/h1-4,9-12H,5-8H2. The molecule has 0 atom stereocenters. The lowest BCUT2D eigenvalue weighted by molar-refractivity contribution is -0.402. The number of piperidine rings is 1. The molecule has 3 aromatic heterocycles. The lowest BCUT2D eigenvalue weighted by Crippen LogP contribution is -2.37. The zero-order valence-electron chi connectivity index (χ0n) is 17.4. The van der Waals surface area contributed by atoms with Crippen molar-refractivity contribution in [3.63, 3.8) is 0 Å². The van der Waals surface area contributed by atoms with Gasteiger partial charge in [0.1, 0.15) is 16.3 Å². The highest BCUT2D eigenvalue weighted by atomic mass is 35.5. The second kappa shape index (κ2) is 9.21. The molecule has 0 spiro atoms. The predicted molar refractivity (Wildman–Crippen MR) is 126 cm³/mol. The molecule has 0 unspecified atom stereocenters. The van der Waals surface area contributed by atoms with Gasteiger partial charge in [-0.05, 0) is 31.0 Å². The molecule has 1 aliphatic heterocycles. The van der Waals surface area contributed by atoms with Crippen LogP contribution in [0.1, 0.15) is 34.3 Å². The lowest BCUT2D eigenvalue weighted by atomic mass is 9.97. The Hall–Kier alpha value is -3.21. The Bertz CT molecular complexity index is 1370. The molecule has 0 N–H and O–H groups in total. The monoisotopic (exact) mass is 518 g/mol. The van der Waals surface area contributed by atoms with Crippen LogP contribution in [-0.4, -0.2) is 39.0 Å². The van der Waals surface area contributed by atoms with Crippen molar-refractivity contribution in [3.8, 4) is 22.7 Å². The maximum atomic E-state index is 12.6. The Kier molecular flexibility index (Phi) is 6.11. The van der Waals surface area contributed by atoms with Gasteiger partial charge in [-0.15, -0.1) is 11.3 Å². The number of carbonyl (C=O) groups excluding carboxylic acids is 1. The van der Waals surface area contributed by atoms with Gasteiger partial charge in [0.15, 0.2) is 11.5 Å². The third kappa shape index (κ3) is 4.44. The van der Waals surface area contributed by atoms with Gasteiger partial charge in [-0.25, -0.2) is 4.98 Å². The molecular formula is C22H16Cl2N4O5S. The summed E-state index contributed by atoms with van der Waals surface area (Å²) in [6, 6.07) is 9.59. The normalized spacial score (nSPS) is 14.5. The molecule has 0 saturated carbocycles. The first-order valence-corrected chi connectivity index (χ1v) is 11.9. The van der Waals surface area contributed by atoms with Crippen LogP contribution in [0.25, 0.3) is 22.7 Å². The van der Waals surface area contributed by atoms with Crippen molar-refractivity contribution in [2.45, 2.75) is 18.8 Å². The maximum Gasteiger partial charge on any atom is 0.433 e. The molecule has 4 heterocycles. The van der Waals surface area contributed by atoms with Gasteiger partial charge in [0.25, 0.3) is 5.91 Å². The molecule has 5 rings (SSSR count). The van der Waals surface area contributed by atoms with E-state index in [0.717, 1.165) is 23.4 Å². The molecule has 1 aromatic carbocycles. The average Bonchev–Trinajstić information content (AvgIpc) is 3.60. The predicted octanol–water partition coefficient (Wildman–Crippen LogP) is 6.29. The molecule has 1 aliphatic rings. The summed E-state index contributed by atoms with van der Waals surface area (Å²) in [6.07, 6.45) is 1.46. The largest absolute Gasteiger partial charge is 0.433 e. The number of furan rings is 1. The molecule has 1 fully saturated rings. The third-order valence-corrected chi connectivity index (χ3v) is 7.36. The van der Waals surface area contributed by atoms with Crippen molar-refractivity contribution in [1.82, 2.24) is 15.0 Å². The van der Waals surface area contributed by atoms with Gasteiger partial charge in [0, 0.05) is 36.0 Å². The van der Waals surface area contributed by atoms with Crippen LogP contribution in [0.2, 0.25) is 10.0 Å². The summed E-state index contributed by atoms with van der Waals surface area (Å²) < 4.78 is 10.5. The molecule has 174 valence electrons. The molecule has 1 amide bonds. The number of amides is 1. The summed E-state index contributed by atoms with van der Waals surface area (Å²) in [6.45, 7) is 1.02. The fourth-order valence-electron chi connectivity index (χ4n) is 3.80. The fraction of sp³-hybridized carbons (Fsp3) is 0.227. The number of halogens is 2. The zero-order valence-corrected chi connectivity index (χ0v) is 19.8. The van der Waals surface area contributed by atoms with Crippen molar-refractivity contribution in [2.24, 2.45) is 0 Å². The quantitative estimate of drug-likeness (QED) is 0.225. The summed E-state index contributed by atoms with van der Waals surface area (Å²) in [5.74, 6) is -0.0576. The second-order valence-electron chi connectivity index (χ2n) is 7.74. The summed E-state index contributed by atoms with van der Waals surface area (Å²) in [4.78, 5) is 29.1. The first-order valence-electron chi connectivity index (χ1n) is 10.3. The molecule has 34 heavy (non-hydrogen) atoms. The topological polar surface area (TPSA) is 116 Å². The molecule has 12 heteroatoms. The molecule has 9 nitrogen and oxygen atoms in total. The number of hydrogen-bond donors (Lipinski definition) is 0. The van der Waals surface area contributed by atoms with Crippen molar-refractivity contribution in [2.75, 3.05) is 13.1 Å². The fourth-order valence-corrected chi connectivity index (χ4v) is 5.08. The first kappa shape index (κ1) is 22.6. The summed E-state index contributed by atoms with van der Waals surface area (Å²) in [7, 11) is 0. The van der Waals surface area contributed by atoms with Crippen molar-refractivity contribution < 1.29 is 18.7 Å². The molecule has 4 aromatic rings. The van der Waals surface area contributed by atoms with Crippen molar-refractivity contribution in [1.29, 1.82) is 0 Å². The maximum absolute atomic E-state index is 12.6. The van der Waals surface area contributed by atoms with Crippen LogP contribution in [0.15, 0.2) is 50.7 Å². The van der Waals surface area contributed by atoms with Crippen LogP contribution >= 0.6 is 34.5 Å². The molecule has 0 radical (unpaired) electrons. The van der Waals surface area contributed by atoms with Crippen LogP contribution in [0, 0.1) is 10.1 Å². The number of nitro groups is 1. The van der Waals surface area contributed by atoms with Gasteiger partial charge in [-0.3, -0.25) is 14.9 Å². The number of hydrogen-bond acceptors (Lipinski definition) is 8. The van der Waals surface area contributed by atoms with Crippen molar-refractivity contribution in [3.05, 3.63) is 72.7 Å². The van der Waals surface area contributed by atoms with E-state index in [4.69, 9.17) is 37.1 Å². The number of likely N-dealkylation sites (tertiary alicyclic amines) is 1. The zero-order chi connectivity index (χ0) is 23.8. The Morgan fingerprint density at radius 1 is 1.12 bits per heavy atom. The molecule has 0 bridgehead atoms. The minimum absolute atomic E-state index is 0.0233. The van der Waals surface area contributed by atoms with E-state index >= 15 is 0 Å². The molecule has 0 aliphatic carbocycles. The van der Waals surface area contributed by atoms with E-state index in [0.29, 0.717) is 40.3 Å². The minimum Gasteiger partial charge on any atom is -0.395 e. The highest BCUT2D eigenvalue weighted by Gasteiger charge is 2.29. The van der Waals surface area contributed by atoms with Gasteiger partial charge in [-0.2, -0.15) is 0 Å². The third-order valence-electron chi connectivity index (χ3n) is 5.61. The highest BCUT2D eigenvalue weighted by molar-refractivity contribution is 7.10. The van der Waals surface area contributed by atoms with Crippen LogP contribution in [0.3, 0.4) is 0 Å². The number of carbonyl (C=O) groups is 1. The van der Waals surface area contributed by atoms with Gasteiger partial charge < -0.3 is 13.8 Å². The van der Waals surface area contributed by atoms with Crippen LogP contribution in [-0.2, 0) is 0 Å². The van der Waals surface area contributed by atoms with Gasteiger partial charge in [0.2, 0.25) is 0 Å². The van der Waals surface area contributed by atoms with E-state index in [1.165, 1.54) is 23.5 Å². The number of rotatable bonds is 5. The highest BCUT2D eigenvalue weighted by Crippen LogP contribution is 2.35. The SMILES string of the molecule is O=C(c1ccc([N+](=O)[O-])o1)N1CCC(c2nc(-c3cc(-c4ccc(Cl)c(Cl)c4)no3)cs2)CC1. The van der Waals surface area contributed by atoms with Gasteiger partial charge in [0.05, 0.1) is 21.1 Å². The number of benzene rings is 1. The lowest BCUT2D eigenvalue weighted by Gasteiger charge is -2.30. The Morgan fingerprint density at radius 3 is 2.62 bits per heavy atom. The van der Waals surface area contributed by atoms with E-state index < -0.39 is 10.8 Å². The van der Waals surface area contributed by atoms with E-state index in [1.54, 1.807) is 17.0 Å². The summed E-state index contributed by atoms with van der Waals surface area (Å²) in [5.41, 5.74) is 2.12. The van der Waals surface area contributed by atoms with Crippen LogP contribution < -0.4 is 0 Å². The Balaban J connectivity index is 1.23.